The zero-order valence-electron chi connectivity index (χ0n) is 28.0. The van der Waals surface area contributed by atoms with Crippen molar-refractivity contribution >= 4 is 64.9 Å². The summed E-state index contributed by atoms with van der Waals surface area (Å²) in [7, 11) is -7.17. The Hall–Kier alpha value is -5.08. The van der Waals surface area contributed by atoms with Crippen LogP contribution in [-0.2, 0) is 31.4 Å². The minimum absolute atomic E-state index is 0.00195. The molecule has 7 rings (SSSR count). The van der Waals surface area contributed by atoms with E-state index in [1.54, 1.807) is 71.6 Å². The predicted molar refractivity (Wildman–Crippen MR) is 200 cm³/mol. The van der Waals surface area contributed by atoms with Crippen molar-refractivity contribution in [1.29, 1.82) is 0 Å². The maximum Gasteiger partial charge on any atom is 0.357 e. The summed E-state index contributed by atoms with van der Waals surface area (Å²) in [6.07, 6.45) is 2.85. The van der Waals surface area contributed by atoms with Crippen LogP contribution < -0.4 is 9.08 Å². The molecule has 1 aliphatic rings. The van der Waals surface area contributed by atoms with Crippen LogP contribution in [0.1, 0.15) is 5.56 Å². The summed E-state index contributed by atoms with van der Waals surface area (Å²) < 4.78 is 61.6. The molecular formula is C38H34ClN5O6S2. The van der Waals surface area contributed by atoms with Crippen molar-refractivity contribution in [3.8, 4) is 5.75 Å². The molecule has 52 heavy (non-hydrogen) atoms. The molecule has 1 aliphatic heterocycles. The number of benzene rings is 4. The minimum Gasteiger partial charge on any atom is -0.378 e. The highest BCUT2D eigenvalue weighted by atomic mass is 35.5. The maximum atomic E-state index is 14.4. The predicted octanol–water partition coefficient (Wildman–Crippen LogP) is 5.78. The van der Waals surface area contributed by atoms with Gasteiger partial charge in [-0.25, -0.2) is 18.4 Å². The molecule has 0 radical (unpaired) electrons. The Kier molecular flexibility index (Phi) is 9.86. The molecule has 1 amide bonds. The van der Waals surface area contributed by atoms with E-state index in [0.29, 0.717) is 58.3 Å². The standard InChI is InChI=1S/C38H34ClN5O6S2/c1-42(51(46,47)36-31-10-4-2-8-28(31)18-20-40-36)35(38(45)44-24-22-43(23-25-44)34-13-7-6-12-33(34)39)26-27-14-16-30(17-15-27)50-52(48,49)37-32-11-5-3-9-29(32)19-21-41-37/h2-21,35H,22-26H2,1H3/t35-/m0/s1. The Morgan fingerprint density at radius 1 is 0.750 bits per heavy atom. The molecule has 2 aromatic heterocycles. The number of hydrogen-bond donors (Lipinski definition) is 0. The van der Waals surface area contributed by atoms with Crippen LogP contribution in [0.2, 0.25) is 5.02 Å². The molecule has 4 aromatic carbocycles. The van der Waals surface area contributed by atoms with E-state index in [9.17, 15) is 21.6 Å². The van der Waals surface area contributed by atoms with Gasteiger partial charge in [-0.15, -0.1) is 0 Å². The van der Waals surface area contributed by atoms with Gasteiger partial charge in [-0.2, -0.15) is 12.7 Å². The average Bonchev–Trinajstić information content (AvgIpc) is 3.16. The van der Waals surface area contributed by atoms with Crippen LogP contribution in [0, 0.1) is 0 Å². The van der Waals surface area contributed by atoms with E-state index in [2.05, 4.69) is 14.9 Å². The molecule has 1 atom stereocenters. The highest BCUT2D eigenvalue weighted by Crippen LogP contribution is 2.29. The number of hydrogen-bond acceptors (Lipinski definition) is 9. The first kappa shape index (κ1) is 35.3. The maximum absolute atomic E-state index is 14.4. The number of carbonyl (C=O) groups excluding carboxylic acids is 1. The molecule has 0 N–H and O–H groups in total. The smallest absolute Gasteiger partial charge is 0.357 e. The lowest BCUT2D eigenvalue weighted by Gasteiger charge is -2.39. The van der Waals surface area contributed by atoms with E-state index in [0.717, 1.165) is 9.99 Å². The number of pyridine rings is 2. The van der Waals surface area contributed by atoms with Crippen molar-refractivity contribution in [3.05, 3.63) is 132 Å². The van der Waals surface area contributed by atoms with Crippen LogP contribution in [0.5, 0.6) is 5.75 Å². The summed E-state index contributed by atoms with van der Waals surface area (Å²) in [5.74, 6) is -0.326. The van der Waals surface area contributed by atoms with Gasteiger partial charge in [0.25, 0.3) is 10.0 Å². The van der Waals surface area contributed by atoms with Gasteiger partial charge in [0.1, 0.15) is 11.8 Å². The van der Waals surface area contributed by atoms with Gasteiger partial charge in [-0.1, -0.05) is 84.4 Å². The number of fused-ring (bicyclic) bond motifs is 2. The number of rotatable bonds is 10. The lowest BCUT2D eigenvalue weighted by atomic mass is 10.0. The van der Waals surface area contributed by atoms with E-state index >= 15 is 0 Å². The largest absolute Gasteiger partial charge is 0.378 e. The van der Waals surface area contributed by atoms with Crippen LogP contribution in [-0.4, -0.2) is 81.2 Å². The van der Waals surface area contributed by atoms with E-state index in [1.165, 1.54) is 31.6 Å². The third kappa shape index (κ3) is 7.04. The zero-order chi connectivity index (χ0) is 36.5. The van der Waals surface area contributed by atoms with Crippen molar-refractivity contribution in [2.75, 3.05) is 38.1 Å². The molecule has 1 fully saturated rings. The van der Waals surface area contributed by atoms with Crippen LogP contribution in [0.3, 0.4) is 0 Å². The average molecular weight is 756 g/mol. The third-order valence-electron chi connectivity index (χ3n) is 9.20. The summed E-state index contributed by atoms with van der Waals surface area (Å²) in [5.41, 5.74) is 1.46. The fraction of sp³-hybridized carbons (Fsp3) is 0.184. The van der Waals surface area contributed by atoms with Gasteiger partial charge < -0.3 is 14.0 Å². The number of halogens is 1. The molecule has 6 aromatic rings. The topological polar surface area (TPSA) is 130 Å². The van der Waals surface area contributed by atoms with Crippen LogP contribution in [0.15, 0.2) is 132 Å². The van der Waals surface area contributed by atoms with Crippen LogP contribution in [0.25, 0.3) is 21.5 Å². The Bertz CT molecular complexity index is 2480. The van der Waals surface area contributed by atoms with Gasteiger partial charge in [0, 0.05) is 56.4 Å². The summed E-state index contributed by atoms with van der Waals surface area (Å²) in [6, 6.07) is 30.0. The minimum atomic E-state index is -4.29. The monoisotopic (exact) mass is 755 g/mol. The lowest BCUT2D eigenvalue weighted by Crippen LogP contribution is -2.56. The Morgan fingerprint density at radius 2 is 1.31 bits per heavy atom. The first-order chi connectivity index (χ1) is 25.0. The first-order valence-electron chi connectivity index (χ1n) is 16.5. The fourth-order valence-corrected chi connectivity index (χ4v) is 9.20. The van der Waals surface area contributed by atoms with Gasteiger partial charge in [0.2, 0.25) is 10.9 Å². The quantitative estimate of drug-likeness (QED) is 0.160. The summed E-state index contributed by atoms with van der Waals surface area (Å²) in [5, 5.41) is 2.54. The Labute approximate surface area is 307 Å². The second kappa shape index (κ2) is 14.5. The zero-order valence-corrected chi connectivity index (χ0v) is 30.4. The number of likely N-dealkylation sites (N-methyl/N-ethyl adjacent to an activating group) is 1. The normalized spacial score (nSPS) is 14.5. The van der Waals surface area contributed by atoms with Crippen molar-refractivity contribution < 1.29 is 25.8 Å². The highest BCUT2D eigenvalue weighted by molar-refractivity contribution is 7.89. The van der Waals surface area contributed by atoms with E-state index in [-0.39, 0.29) is 28.1 Å². The first-order valence-corrected chi connectivity index (χ1v) is 19.7. The van der Waals surface area contributed by atoms with Gasteiger partial charge in [0.15, 0.2) is 5.03 Å². The number of amides is 1. The highest BCUT2D eigenvalue weighted by Gasteiger charge is 2.38. The lowest BCUT2D eigenvalue weighted by molar-refractivity contribution is -0.135. The van der Waals surface area contributed by atoms with Crippen LogP contribution in [0.4, 0.5) is 5.69 Å². The molecule has 0 bridgehead atoms. The Balaban J connectivity index is 1.16. The van der Waals surface area contributed by atoms with Gasteiger partial charge in [-0.05, 0) is 59.2 Å². The third-order valence-corrected chi connectivity index (χ3v) is 12.6. The number of anilines is 1. The van der Waals surface area contributed by atoms with Crippen molar-refractivity contribution in [2.24, 2.45) is 0 Å². The number of aromatic nitrogens is 2. The molecule has 3 heterocycles. The van der Waals surface area contributed by atoms with Gasteiger partial charge in [0.05, 0.1) is 10.7 Å². The fourth-order valence-electron chi connectivity index (χ4n) is 6.42. The van der Waals surface area contributed by atoms with Crippen molar-refractivity contribution in [1.82, 2.24) is 19.2 Å². The molecule has 0 aliphatic carbocycles. The molecule has 0 spiro atoms. The second-order valence-electron chi connectivity index (χ2n) is 12.4. The molecule has 14 heteroatoms. The molecule has 266 valence electrons. The van der Waals surface area contributed by atoms with Crippen LogP contribution >= 0.6 is 11.6 Å². The van der Waals surface area contributed by atoms with E-state index < -0.39 is 26.2 Å². The Morgan fingerprint density at radius 3 is 1.94 bits per heavy atom. The summed E-state index contributed by atoms with van der Waals surface area (Å²) in [4.78, 5) is 26.5. The SMILES string of the molecule is CN([C@@H](Cc1ccc(OS(=O)(=O)c2nccc3ccccc23)cc1)C(=O)N1CCN(c2ccccc2Cl)CC1)S(=O)(=O)c1nccc2ccccc12. The number of carbonyl (C=O) groups is 1. The summed E-state index contributed by atoms with van der Waals surface area (Å²) in [6.45, 7) is 1.73. The van der Waals surface area contributed by atoms with Crippen molar-refractivity contribution in [2.45, 2.75) is 22.5 Å². The number of sulfonamides is 1. The summed E-state index contributed by atoms with van der Waals surface area (Å²) >= 11 is 6.44. The number of piperazine rings is 1. The molecule has 0 unspecified atom stereocenters. The number of nitrogens with zero attached hydrogens (tertiary/aromatic N) is 5. The number of para-hydroxylation sites is 1. The molecule has 0 saturated carbocycles. The van der Waals surface area contributed by atoms with Crippen molar-refractivity contribution in [3.63, 3.8) is 0 Å². The van der Waals surface area contributed by atoms with E-state index in [4.69, 9.17) is 15.8 Å². The molecule has 1 saturated heterocycles. The van der Waals surface area contributed by atoms with E-state index in [1.807, 2.05) is 30.3 Å². The van der Waals surface area contributed by atoms with Gasteiger partial charge >= 0.3 is 10.1 Å². The van der Waals surface area contributed by atoms with Gasteiger partial charge in [-0.3, -0.25) is 4.79 Å². The molecule has 11 nitrogen and oxygen atoms in total. The molecular weight excluding hydrogens is 722 g/mol. The second-order valence-corrected chi connectivity index (χ2v) is 16.1.